The molecule has 1 aromatic carbocycles. The lowest BCUT2D eigenvalue weighted by atomic mass is 10.1. The number of anilines is 1. The van der Waals surface area contributed by atoms with Crippen LogP contribution in [0.2, 0.25) is 0 Å². The van der Waals surface area contributed by atoms with Crippen molar-refractivity contribution in [2.24, 2.45) is 0 Å². The van der Waals surface area contributed by atoms with Crippen molar-refractivity contribution in [2.75, 3.05) is 11.9 Å². The molecule has 0 spiro atoms. The van der Waals surface area contributed by atoms with E-state index in [1.807, 2.05) is 48.0 Å². The van der Waals surface area contributed by atoms with Gasteiger partial charge in [0.05, 0.1) is 5.69 Å². The van der Waals surface area contributed by atoms with Gasteiger partial charge in [0, 0.05) is 42.2 Å². The number of carbonyl (C=O) groups is 1. The number of ether oxygens (including phenoxy) is 1. The van der Waals surface area contributed by atoms with Crippen molar-refractivity contribution in [2.45, 2.75) is 6.92 Å². The summed E-state index contributed by atoms with van der Waals surface area (Å²) in [6.45, 7) is 1.75. The number of aryl methyl sites for hydroxylation is 1. The van der Waals surface area contributed by atoms with Gasteiger partial charge in [0.1, 0.15) is 0 Å². The molecule has 0 saturated heterocycles. The zero-order chi connectivity index (χ0) is 18.6. The first kappa shape index (κ1) is 16.6. The van der Waals surface area contributed by atoms with Gasteiger partial charge in [-0.1, -0.05) is 12.1 Å². The molecule has 0 fully saturated rings. The van der Waals surface area contributed by atoms with E-state index >= 15 is 0 Å². The highest BCUT2D eigenvalue weighted by Crippen LogP contribution is 2.25. The molecule has 27 heavy (non-hydrogen) atoms. The summed E-state index contributed by atoms with van der Waals surface area (Å²) in [5.41, 5.74) is 3.29. The van der Waals surface area contributed by atoms with Gasteiger partial charge >= 0.3 is 6.01 Å². The molecular weight excluding hydrogens is 344 g/mol. The van der Waals surface area contributed by atoms with Crippen molar-refractivity contribution in [3.8, 4) is 17.3 Å². The number of imidazole rings is 1. The van der Waals surface area contributed by atoms with E-state index in [0.717, 1.165) is 16.8 Å². The van der Waals surface area contributed by atoms with Gasteiger partial charge in [-0.15, -0.1) is 0 Å². The molecule has 8 heteroatoms. The van der Waals surface area contributed by atoms with Gasteiger partial charge in [-0.2, -0.15) is 0 Å². The van der Waals surface area contributed by atoms with Gasteiger partial charge < -0.3 is 10.1 Å². The van der Waals surface area contributed by atoms with Gasteiger partial charge in [0.25, 0.3) is 5.91 Å². The van der Waals surface area contributed by atoms with E-state index in [0.29, 0.717) is 11.5 Å². The van der Waals surface area contributed by atoms with Crippen LogP contribution in [0.25, 0.3) is 17.0 Å². The fraction of sp³-hybridized carbons (Fsp3) is 0.105. The Kier molecular flexibility index (Phi) is 4.44. The van der Waals surface area contributed by atoms with Crippen LogP contribution in [0.5, 0.6) is 6.01 Å². The standard InChI is InChI=1S/C19H16N6O2/c1-13-4-5-14(16-11-25-9-3-8-20-18(25)24-16)10-15(13)23-17(26)12-27-19-21-6-2-7-22-19/h2-11H,12H2,1H3,(H,23,26). The number of benzene rings is 1. The molecule has 3 aromatic heterocycles. The summed E-state index contributed by atoms with van der Waals surface area (Å²) < 4.78 is 7.12. The third-order valence-corrected chi connectivity index (χ3v) is 3.92. The Morgan fingerprint density at radius 3 is 2.78 bits per heavy atom. The second kappa shape index (κ2) is 7.20. The van der Waals surface area contributed by atoms with Crippen molar-refractivity contribution in [1.29, 1.82) is 0 Å². The van der Waals surface area contributed by atoms with E-state index in [1.165, 1.54) is 0 Å². The molecule has 4 rings (SSSR count). The fourth-order valence-electron chi connectivity index (χ4n) is 2.56. The number of amides is 1. The summed E-state index contributed by atoms with van der Waals surface area (Å²) in [7, 11) is 0. The molecular formula is C19H16N6O2. The van der Waals surface area contributed by atoms with Gasteiger partial charge in [-0.05, 0) is 30.7 Å². The number of rotatable bonds is 5. The first-order valence-corrected chi connectivity index (χ1v) is 8.29. The highest BCUT2D eigenvalue weighted by Gasteiger charge is 2.10. The summed E-state index contributed by atoms with van der Waals surface area (Å²) in [6.07, 6.45) is 8.59. The number of carbonyl (C=O) groups excluding carboxylic acids is 1. The lowest BCUT2D eigenvalue weighted by molar-refractivity contribution is -0.118. The van der Waals surface area contributed by atoms with Crippen molar-refractivity contribution in [1.82, 2.24) is 24.3 Å². The number of hydrogen-bond donors (Lipinski definition) is 1. The Morgan fingerprint density at radius 1 is 1.15 bits per heavy atom. The van der Waals surface area contributed by atoms with Crippen molar-refractivity contribution < 1.29 is 9.53 Å². The van der Waals surface area contributed by atoms with Gasteiger partial charge in [-0.3, -0.25) is 9.20 Å². The number of aromatic nitrogens is 5. The van der Waals surface area contributed by atoms with E-state index in [2.05, 4.69) is 25.3 Å². The highest BCUT2D eigenvalue weighted by molar-refractivity contribution is 5.93. The smallest absolute Gasteiger partial charge is 0.316 e. The summed E-state index contributed by atoms with van der Waals surface area (Å²) in [5.74, 6) is 0.328. The molecule has 0 radical (unpaired) electrons. The highest BCUT2D eigenvalue weighted by atomic mass is 16.5. The Morgan fingerprint density at radius 2 is 1.96 bits per heavy atom. The number of fused-ring (bicyclic) bond motifs is 1. The maximum absolute atomic E-state index is 12.2. The third-order valence-electron chi connectivity index (χ3n) is 3.92. The van der Waals surface area contributed by atoms with Crippen LogP contribution in [0.15, 0.2) is 61.3 Å². The molecule has 0 atom stereocenters. The quantitative estimate of drug-likeness (QED) is 0.588. The Balaban J connectivity index is 1.51. The molecule has 0 aliphatic heterocycles. The molecule has 134 valence electrons. The number of hydrogen-bond acceptors (Lipinski definition) is 6. The molecule has 0 unspecified atom stereocenters. The zero-order valence-corrected chi connectivity index (χ0v) is 14.5. The predicted molar refractivity (Wildman–Crippen MR) is 99.3 cm³/mol. The van der Waals surface area contributed by atoms with Crippen LogP contribution in [0.4, 0.5) is 5.69 Å². The molecule has 0 bridgehead atoms. The van der Waals surface area contributed by atoms with Crippen LogP contribution >= 0.6 is 0 Å². The lowest BCUT2D eigenvalue weighted by Crippen LogP contribution is -2.21. The minimum atomic E-state index is -0.292. The van der Waals surface area contributed by atoms with Crippen LogP contribution in [0, 0.1) is 6.92 Å². The topological polar surface area (TPSA) is 94.3 Å². The second-order valence-electron chi connectivity index (χ2n) is 5.85. The molecule has 1 N–H and O–H groups in total. The number of nitrogens with zero attached hydrogens (tertiary/aromatic N) is 5. The predicted octanol–water partition coefficient (Wildman–Crippen LogP) is 2.51. The van der Waals surface area contributed by atoms with Crippen molar-refractivity contribution in [3.63, 3.8) is 0 Å². The zero-order valence-electron chi connectivity index (χ0n) is 14.5. The summed E-state index contributed by atoms with van der Waals surface area (Å²) in [6, 6.07) is 9.46. The minimum Gasteiger partial charge on any atom is -0.453 e. The van der Waals surface area contributed by atoms with E-state index < -0.39 is 0 Å². The van der Waals surface area contributed by atoms with Crippen LogP contribution in [0.3, 0.4) is 0 Å². The maximum atomic E-state index is 12.2. The lowest BCUT2D eigenvalue weighted by Gasteiger charge is -2.10. The SMILES string of the molecule is Cc1ccc(-c2cn3cccnc3n2)cc1NC(=O)COc1ncccn1. The molecule has 0 aliphatic rings. The van der Waals surface area contributed by atoms with E-state index in [4.69, 9.17) is 4.74 Å². The first-order valence-electron chi connectivity index (χ1n) is 8.29. The average Bonchev–Trinajstić information content (AvgIpc) is 3.13. The monoisotopic (exact) mass is 360 g/mol. The van der Waals surface area contributed by atoms with Crippen LogP contribution in [-0.4, -0.2) is 36.9 Å². The molecule has 0 saturated carbocycles. The van der Waals surface area contributed by atoms with Gasteiger partial charge in [-0.25, -0.2) is 19.9 Å². The van der Waals surface area contributed by atoms with E-state index in [1.54, 1.807) is 24.7 Å². The van der Waals surface area contributed by atoms with Crippen LogP contribution in [0.1, 0.15) is 5.56 Å². The Hall–Kier alpha value is -3.81. The van der Waals surface area contributed by atoms with Crippen molar-refractivity contribution >= 4 is 17.4 Å². The summed E-state index contributed by atoms with van der Waals surface area (Å²) in [4.78, 5) is 28.8. The molecule has 3 heterocycles. The normalized spacial score (nSPS) is 10.7. The van der Waals surface area contributed by atoms with Crippen molar-refractivity contribution in [3.05, 3.63) is 66.9 Å². The average molecular weight is 360 g/mol. The molecule has 1 amide bonds. The van der Waals surface area contributed by atoms with Gasteiger partial charge in [0.2, 0.25) is 5.78 Å². The third kappa shape index (κ3) is 3.74. The minimum absolute atomic E-state index is 0.162. The largest absolute Gasteiger partial charge is 0.453 e. The Bertz CT molecular complexity index is 1060. The Labute approximate surface area is 154 Å². The van der Waals surface area contributed by atoms with E-state index in [9.17, 15) is 4.79 Å². The summed E-state index contributed by atoms with van der Waals surface area (Å²) >= 11 is 0. The number of nitrogens with one attached hydrogen (secondary N) is 1. The maximum Gasteiger partial charge on any atom is 0.316 e. The summed E-state index contributed by atoms with van der Waals surface area (Å²) in [5, 5.41) is 2.85. The second-order valence-corrected chi connectivity index (χ2v) is 5.85. The molecule has 4 aromatic rings. The van der Waals surface area contributed by atoms with E-state index in [-0.39, 0.29) is 18.5 Å². The molecule has 8 nitrogen and oxygen atoms in total. The first-order chi connectivity index (χ1) is 13.2. The fourth-order valence-corrected chi connectivity index (χ4v) is 2.56. The van der Waals surface area contributed by atoms with Gasteiger partial charge in [0.15, 0.2) is 6.61 Å². The molecule has 0 aliphatic carbocycles. The van der Waals surface area contributed by atoms with Crippen LogP contribution < -0.4 is 10.1 Å². The van der Waals surface area contributed by atoms with Crippen LogP contribution in [-0.2, 0) is 4.79 Å².